The van der Waals surface area contributed by atoms with Crippen LogP contribution in [0.5, 0.6) is 0 Å². The largest absolute Gasteiger partial charge is 0.610 e. The first-order valence-corrected chi connectivity index (χ1v) is 10.8. The number of amidine groups is 1. The summed E-state index contributed by atoms with van der Waals surface area (Å²) in [5.41, 5.74) is 2.46. The highest BCUT2D eigenvalue weighted by molar-refractivity contribution is 7.94. The molecule has 2 unspecified atom stereocenters. The fourth-order valence-electron chi connectivity index (χ4n) is 3.63. The summed E-state index contributed by atoms with van der Waals surface area (Å²) in [6.07, 6.45) is 6.13. The second-order valence-electron chi connectivity index (χ2n) is 6.99. The maximum Gasteiger partial charge on any atom is 0.315 e. The molecule has 3 heterocycles. The zero-order valence-corrected chi connectivity index (χ0v) is 16.8. The monoisotopic (exact) mass is 418 g/mol. The van der Waals surface area contributed by atoms with Crippen molar-refractivity contribution < 1.29 is 13.5 Å². The molecule has 0 bridgehead atoms. The fourth-order valence-corrected chi connectivity index (χ4v) is 4.35. The summed E-state index contributed by atoms with van der Waals surface area (Å²) in [6.45, 7) is 0. The van der Waals surface area contributed by atoms with Gasteiger partial charge in [-0.25, -0.2) is 9.37 Å². The number of fused-ring (bicyclic) bond motifs is 2. The summed E-state index contributed by atoms with van der Waals surface area (Å²) in [5, 5.41) is 0.951. The third kappa shape index (κ3) is 2.81. The lowest BCUT2D eigenvalue weighted by atomic mass is 10.1. The number of allylic oxidation sites excluding steroid dienone is 1. The number of aromatic nitrogens is 1. The van der Waals surface area contributed by atoms with Crippen LogP contribution in [0.15, 0.2) is 87.7 Å². The van der Waals surface area contributed by atoms with Crippen molar-refractivity contribution in [2.45, 2.75) is 0 Å². The lowest BCUT2D eigenvalue weighted by molar-refractivity contribution is -0.750. The molecule has 0 amide bonds. The van der Waals surface area contributed by atoms with Gasteiger partial charge in [0.2, 0.25) is 0 Å². The van der Waals surface area contributed by atoms with Gasteiger partial charge in [-0.15, -0.1) is 9.58 Å². The average Bonchev–Trinajstić information content (AvgIpc) is 3.08. The lowest BCUT2D eigenvalue weighted by Gasteiger charge is -2.25. The zero-order valence-electron chi connectivity index (χ0n) is 16.0. The highest BCUT2D eigenvalue weighted by Crippen LogP contribution is 2.35. The Hall–Kier alpha value is -3.17. The van der Waals surface area contributed by atoms with Gasteiger partial charge in [-0.05, 0) is 12.1 Å². The van der Waals surface area contributed by atoms with E-state index in [4.69, 9.17) is 5.84 Å². The first kappa shape index (κ1) is 18.8. The van der Waals surface area contributed by atoms with Crippen molar-refractivity contribution >= 4 is 34.1 Å². The SMILES string of the molecule is C[S+]([O-])C1=C2C=NC=C[N+]2(N)C(c2ccc3ccc(-c4ccccc4)nc3c2F)=N1. The number of nitrogens with two attached hydrogens (primary N) is 1. The standard InChI is InChI=1S/C22H17FN5OS/c1-30(29)22-18-13-25-11-12-28(18,24)21(27-22)16-9-7-15-8-10-17(26-20(15)19(16)23)14-5-3-2-4-6-14/h2-13H,24H2,1H3/q+1. The predicted molar refractivity (Wildman–Crippen MR) is 117 cm³/mol. The molecule has 2 N–H and O–H groups in total. The van der Waals surface area contributed by atoms with Crippen LogP contribution in [-0.4, -0.2) is 32.4 Å². The molecule has 2 aromatic carbocycles. The smallest absolute Gasteiger partial charge is 0.315 e. The Kier molecular flexibility index (Phi) is 4.37. The maximum atomic E-state index is 15.7. The summed E-state index contributed by atoms with van der Waals surface area (Å²) in [4.78, 5) is 13.1. The van der Waals surface area contributed by atoms with Crippen molar-refractivity contribution in [1.29, 1.82) is 0 Å². The first-order chi connectivity index (χ1) is 14.5. The predicted octanol–water partition coefficient (Wildman–Crippen LogP) is 3.59. The molecule has 30 heavy (non-hydrogen) atoms. The highest BCUT2D eigenvalue weighted by atomic mass is 32.2. The number of benzene rings is 2. The molecule has 6 nitrogen and oxygen atoms in total. The minimum absolute atomic E-state index is 0.209. The van der Waals surface area contributed by atoms with Gasteiger partial charge < -0.3 is 4.55 Å². The van der Waals surface area contributed by atoms with Crippen LogP contribution >= 0.6 is 0 Å². The molecule has 2 aliphatic heterocycles. The Morgan fingerprint density at radius 3 is 2.60 bits per heavy atom. The van der Waals surface area contributed by atoms with E-state index in [0.29, 0.717) is 16.8 Å². The molecule has 5 rings (SSSR count). The van der Waals surface area contributed by atoms with Gasteiger partial charge in [0.05, 0.1) is 23.7 Å². The second-order valence-corrected chi connectivity index (χ2v) is 8.29. The van der Waals surface area contributed by atoms with E-state index in [1.807, 2.05) is 42.5 Å². The van der Waals surface area contributed by atoms with Gasteiger partial charge in [-0.2, -0.15) is 5.84 Å². The van der Waals surface area contributed by atoms with Gasteiger partial charge in [0.25, 0.3) is 11.5 Å². The number of quaternary nitrogens is 1. The van der Waals surface area contributed by atoms with Crippen LogP contribution in [0, 0.1) is 5.82 Å². The number of nitrogens with zero attached hydrogens (tertiary/aromatic N) is 4. The Morgan fingerprint density at radius 1 is 1.07 bits per heavy atom. The molecule has 2 aliphatic rings. The van der Waals surface area contributed by atoms with Crippen LogP contribution in [0.1, 0.15) is 5.56 Å². The number of halogens is 1. The average molecular weight is 418 g/mol. The van der Waals surface area contributed by atoms with Crippen LogP contribution in [0.25, 0.3) is 22.2 Å². The van der Waals surface area contributed by atoms with Crippen LogP contribution in [0.3, 0.4) is 0 Å². The van der Waals surface area contributed by atoms with Gasteiger partial charge in [-0.3, -0.25) is 4.99 Å². The molecular formula is C22H17FN5OS+. The molecule has 0 saturated heterocycles. The molecule has 8 heteroatoms. The molecule has 0 fully saturated rings. The molecule has 0 radical (unpaired) electrons. The van der Waals surface area contributed by atoms with Crippen molar-refractivity contribution in [1.82, 2.24) is 4.98 Å². The third-order valence-corrected chi connectivity index (χ3v) is 5.99. The minimum atomic E-state index is -1.41. The van der Waals surface area contributed by atoms with E-state index in [-0.39, 0.29) is 26.5 Å². The summed E-state index contributed by atoms with van der Waals surface area (Å²) < 4.78 is 27.5. The fraction of sp³-hybridized carbons (Fsp3) is 0.0455. The van der Waals surface area contributed by atoms with Crippen molar-refractivity contribution in [3.63, 3.8) is 0 Å². The molecule has 0 saturated carbocycles. The van der Waals surface area contributed by atoms with Gasteiger partial charge in [0.15, 0.2) is 5.82 Å². The Balaban J connectivity index is 1.69. The summed E-state index contributed by atoms with van der Waals surface area (Å²) in [6, 6.07) is 16.7. The molecule has 1 aromatic heterocycles. The normalized spacial score (nSPS) is 21.1. The molecule has 148 valence electrons. The molecule has 0 spiro atoms. The topological polar surface area (TPSA) is 86.7 Å². The molecular weight excluding hydrogens is 401 g/mol. The van der Waals surface area contributed by atoms with Crippen LogP contribution in [0.4, 0.5) is 4.39 Å². The van der Waals surface area contributed by atoms with Crippen molar-refractivity contribution in [3.8, 4) is 11.3 Å². The van der Waals surface area contributed by atoms with Crippen LogP contribution in [0.2, 0.25) is 0 Å². The Morgan fingerprint density at radius 2 is 1.83 bits per heavy atom. The molecule has 3 aromatic rings. The zero-order chi connectivity index (χ0) is 20.9. The van der Waals surface area contributed by atoms with Crippen LogP contribution < -0.4 is 5.84 Å². The minimum Gasteiger partial charge on any atom is -0.610 e. The highest BCUT2D eigenvalue weighted by Gasteiger charge is 2.48. The van der Waals surface area contributed by atoms with Crippen molar-refractivity contribution in [2.24, 2.45) is 15.8 Å². The molecule has 0 aliphatic carbocycles. The van der Waals surface area contributed by atoms with Crippen molar-refractivity contribution in [2.75, 3.05) is 6.26 Å². The van der Waals surface area contributed by atoms with Gasteiger partial charge >= 0.3 is 5.03 Å². The van der Waals surface area contributed by atoms with E-state index in [1.54, 1.807) is 18.3 Å². The van der Waals surface area contributed by atoms with E-state index < -0.39 is 17.0 Å². The van der Waals surface area contributed by atoms with E-state index in [2.05, 4.69) is 15.0 Å². The van der Waals surface area contributed by atoms with E-state index in [0.717, 1.165) is 5.56 Å². The maximum absolute atomic E-state index is 15.7. The van der Waals surface area contributed by atoms with Gasteiger partial charge in [0.1, 0.15) is 18.0 Å². The molecule has 2 atom stereocenters. The number of pyridine rings is 1. The van der Waals surface area contributed by atoms with Crippen LogP contribution in [-0.2, 0) is 11.2 Å². The number of hydrogen-bond acceptors (Lipinski definition) is 5. The summed E-state index contributed by atoms with van der Waals surface area (Å²) in [7, 11) is 0. The first-order valence-electron chi connectivity index (χ1n) is 9.20. The van der Waals surface area contributed by atoms with E-state index in [9.17, 15) is 4.55 Å². The Bertz CT molecular complexity index is 1300. The lowest BCUT2D eigenvalue weighted by Crippen LogP contribution is -2.53. The number of aliphatic imine (C=N–C) groups is 2. The Labute approximate surface area is 175 Å². The van der Waals surface area contributed by atoms with E-state index >= 15 is 4.39 Å². The second kappa shape index (κ2) is 6.96. The summed E-state index contributed by atoms with van der Waals surface area (Å²) in [5.74, 6) is 6.27. The third-order valence-electron chi connectivity index (χ3n) is 5.14. The van der Waals surface area contributed by atoms with Gasteiger partial charge in [-0.1, -0.05) is 42.5 Å². The number of rotatable bonds is 3. The van der Waals surface area contributed by atoms with E-state index in [1.165, 1.54) is 18.7 Å². The quantitative estimate of drug-likeness (QED) is 0.401. The summed E-state index contributed by atoms with van der Waals surface area (Å²) >= 11 is -1.41. The van der Waals surface area contributed by atoms with Gasteiger partial charge in [0, 0.05) is 22.1 Å². The van der Waals surface area contributed by atoms with Crippen molar-refractivity contribution in [3.05, 3.63) is 89.1 Å². The number of hydrogen-bond donors (Lipinski definition) is 1.